The molecule has 46 heavy (non-hydrogen) atoms. The highest BCUT2D eigenvalue weighted by atomic mass is 35.5. The summed E-state index contributed by atoms with van der Waals surface area (Å²) in [6.07, 6.45) is 5.14. The molecule has 0 saturated carbocycles. The fraction of sp³-hybridized carbons (Fsp3) is 0.452. The topological polar surface area (TPSA) is 101 Å². The number of piperidine rings is 1. The molecular weight excluding hydrogens is 673 g/mol. The Morgan fingerprint density at radius 3 is 2.22 bits per heavy atom. The lowest BCUT2D eigenvalue weighted by Crippen LogP contribution is -2.69. The molecule has 3 fully saturated rings. The van der Waals surface area contributed by atoms with Gasteiger partial charge in [-0.15, -0.1) is 24.8 Å². The average Bonchev–Trinajstić information content (AvgIpc) is 3.04. The molecule has 1 aromatic heterocycles. The second-order valence-electron chi connectivity index (χ2n) is 11.8. The summed E-state index contributed by atoms with van der Waals surface area (Å²) >= 11 is 6.12. The molecule has 3 aromatic rings. The molecule has 1 atom stereocenters. The highest BCUT2D eigenvalue weighted by Crippen LogP contribution is 2.29. The fourth-order valence-corrected chi connectivity index (χ4v) is 8.08. The van der Waals surface area contributed by atoms with Crippen molar-refractivity contribution < 1.29 is 18.0 Å². The highest BCUT2D eigenvalue weighted by molar-refractivity contribution is 7.89. The first kappa shape index (κ1) is 36.1. The Labute approximate surface area is 287 Å². The van der Waals surface area contributed by atoms with Crippen molar-refractivity contribution in [1.29, 1.82) is 0 Å². The summed E-state index contributed by atoms with van der Waals surface area (Å²) < 4.78 is 29.1. The summed E-state index contributed by atoms with van der Waals surface area (Å²) in [4.78, 5) is 38.4. The number of fused-ring (bicyclic) bond motifs is 1. The zero-order valence-electron chi connectivity index (χ0n) is 25.9. The van der Waals surface area contributed by atoms with Gasteiger partial charge in [0.25, 0.3) is 5.91 Å². The van der Waals surface area contributed by atoms with Gasteiger partial charge in [0.15, 0.2) is 0 Å². The Balaban J connectivity index is 0.00000240. The van der Waals surface area contributed by atoms with E-state index in [2.05, 4.69) is 14.8 Å². The standard InChI is InChI=1S/C31H38ClN7O4S.2ClH/c1-34-15-17-37(18-16-34)31(41)29-21-38(44(42,43)28-6-4-23-19-25(32)5-3-24(23)20-28)22-30(40)39(29)35(2)26-9-13-36(14-10-26)27-7-11-33-12-8-27;;/h3-8,11-12,19-20,26,29H,9-10,13-18,21-22H2,1-2H3;2*1H. The molecule has 11 nitrogen and oxygen atoms in total. The number of anilines is 1. The Kier molecular flexibility index (Phi) is 11.8. The minimum atomic E-state index is -4.07. The lowest BCUT2D eigenvalue weighted by atomic mass is 10.0. The molecule has 2 amide bonds. The number of hydrazine groups is 1. The van der Waals surface area contributed by atoms with Gasteiger partial charge in [-0.1, -0.05) is 23.7 Å². The summed E-state index contributed by atoms with van der Waals surface area (Å²) in [5, 5.41) is 5.55. The average molecular weight is 713 g/mol. The first-order chi connectivity index (χ1) is 21.1. The Bertz CT molecular complexity index is 1640. The third-order valence-corrected chi connectivity index (χ3v) is 11.2. The van der Waals surface area contributed by atoms with Crippen molar-refractivity contribution >= 4 is 74.7 Å². The summed E-state index contributed by atoms with van der Waals surface area (Å²) in [5.41, 5.74) is 1.11. The maximum absolute atomic E-state index is 14.1. The van der Waals surface area contributed by atoms with Crippen molar-refractivity contribution in [3.63, 3.8) is 0 Å². The van der Waals surface area contributed by atoms with Gasteiger partial charge in [0, 0.05) is 82.0 Å². The van der Waals surface area contributed by atoms with Crippen LogP contribution in [0, 0.1) is 0 Å². The molecule has 15 heteroatoms. The van der Waals surface area contributed by atoms with E-state index in [9.17, 15) is 18.0 Å². The van der Waals surface area contributed by atoms with Gasteiger partial charge in [-0.25, -0.2) is 13.4 Å². The lowest BCUT2D eigenvalue weighted by Gasteiger charge is -2.49. The van der Waals surface area contributed by atoms with Crippen molar-refractivity contribution in [2.24, 2.45) is 0 Å². The van der Waals surface area contributed by atoms with Crippen molar-refractivity contribution in [2.45, 2.75) is 29.8 Å². The van der Waals surface area contributed by atoms with E-state index in [1.54, 1.807) is 52.6 Å². The van der Waals surface area contributed by atoms with Crippen LogP contribution in [-0.2, 0) is 19.6 Å². The zero-order valence-corrected chi connectivity index (χ0v) is 29.1. The quantitative estimate of drug-likeness (QED) is 0.385. The highest BCUT2D eigenvalue weighted by Gasteiger charge is 2.46. The number of pyridine rings is 1. The van der Waals surface area contributed by atoms with Crippen LogP contribution < -0.4 is 4.90 Å². The number of sulfonamides is 1. The first-order valence-corrected chi connectivity index (χ1v) is 16.8. The number of carbonyl (C=O) groups is 2. The molecule has 0 radical (unpaired) electrons. The monoisotopic (exact) mass is 711 g/mol. The molecule has 0 N–H and O–H groups in total. The number of benzene rings is 2. The minimum absolute atomic E-state index is 0. The predicted octanol–water partition coefficient (Wildman–Crippen LogP) is 3.22. The molecule has 2 aromatic carbocycles. The number of hydrogen-bond acceptors (Lipinski definition) is 8. The van der Waals surface area contributed by atoms with Gasteiger partial charge in [0.1, 0.15) is 6.04 Å². The minimum Gasteiger partial charge on any atom is -0.371 e. The van der Waals surface area contributed by atoms with E-state index in [1.165, 1.54) is 10.4 Å². The maximum atomic E-state index is 14.1. The van der Waals surface area contributed by atoms with Crippen molar-refractivity contribution in [2.75, 3.05) is 71.4 Å². The van der Waals surface area contributed by atoms with Crippen molar-refractivity contribution in [3.8, 4) is 0 Å². The maximum Gasteiger partial charge on any atom is 0.252 e. The number of piperazine rings is 2. The van der Waals surface area contributed by atoms with E-state index >= 15 is 0 Å². The van der Waals surface area contributed by atoms with E-state index in [1.807, 2.05) is 31.2 Å². The van der Waals surface area contributed by atoms with Gasteiger partial charge < -0.3 is 14.7 Å². The van der Waals surface area contributed by atoms with E-state index < -0.39 is 22.0 Å². The second-order valence-corrected chi connectivity index (χ2v) is 14.2. The number of hydrogen-bond donors (Lipinski definition) is 0. The largest absolute Gasteiger partial charge is 0.371 e. The molecule has 3 aliphatic heterocycles. The number of halogens is 3. The fourth-order valence-electron chi connectivity index (χ4n) is 6.46. The molecule has 250 valence electrons. The number of carbonyl (C=O) groups excluding carboxylic acids is 2. The van der Waals surface area contributed by atoms with Crippen LogP contribution in [0.25, 0.3) is 10.8 Å². The summed E-state index contributed by atoms with van der Waals surface area (Å²) in [7, 11) is -0.206. The number of aromatic nitrogens is 1. The summed E-state index contributed by atoms with van der Waals surface area (Å²) in [6, 6.07) is 13.1. The predicted molar refractivity (Wildman–Crippen MR) is 184 cm³/mol. The molecule has 3 aliphatic rings. The molecule has 0 bridgehead atoms. The summed E-state index contributed by atoms with van der Waals surface area (Å²) in [6.45, 7) is 3.64. The van der Waals surface area contributed by atoms with E-state index in [0.29, 0.717) is 18.1 Å². The Hall–Kier alpha value is -2.71. The Morgan fingerprint density at radius 2 is 1.54 bits per heavy atom. The van der Waals surface area contributed by atoms with Crippen LogP contribution in [-0.4, -0.2) is 128 Å². The van der Waals surface area contributed by atoms with Crippen LogP contribution in [0.15, 0.2) is 65.8 Å². The van der Waals surface area contributed by atoms with E-state index in [-0.39, 0.29) is 54.7 Å². The number of amides is 2. The number of likely N-dealkylation sites (N-methyl/N-ethyl adjacent to an activating group) is 1. The smallest absolute Gasteiger partial charge is 0.252 e. The van der Waals surface area contributed by atoms with Crippen LogP contribution in [0.5, 0.6) is 0 Å². The SMILES string of the molecule is CN1CCN(C(=O)C2CN(S(=O)(=O)c3ccc4cc(Cl)ccc4c3)CC(=O)N2N(C)C2CCN(c3ccncc3)CC2)CC1.Cl.Cl. The normalized spacial score (nSPS) is 20.5. The summed E-state index contributed by atoms with van der Waals surface area (Å²) in [5.74, 6) is -0.625. The molecule has 1 unspecified atom stereocenters. The lowest BCUT2D eigenvalue weighted by molar-refractivity contribution is -0.174. The molecule has 0 aliphatic carbocycles. The molecule has 4 heterocycles. The van der Waals surface area contributed by atoms with Crippen LogP contribution >= 0.6 is 36.4 Å². The van der Waals surface area contributed by atoms with Crippen LogP contribution in [0.1, 0.15) is 12.8 Å². The first-order valence-electron chi connectivity index (χ1n) is 15.0. The van der Waals surface area contributed by atoms with Gasteiger partial charge in [-0.2, -0.15) is 4.31 Å². The molecule has 0 spiro atoms. The van der Waals surface area contributed by atoms with Crippen LogP contribution in [0.4, 0.5) is 5.69 Å². The van der Waals surface area contributed by atoms with Gasteiger partial charge in [0.05, 0.1) is 11.4 Å². The third-order valence-electron chi connectivity index (χ3n) is 9.11. The van der Waals surface area contributed by atoms with Gasteiger partial charge >= 0.3 is 0 Å². The molecule has 6 rings (SSSR count). The van der Waals surface area contributed by atoms with E-state index in [4.69, 9.17) is 11.6 Å². The van der Waals surface area contributed by atoms with Crippen LogP contribution in [0.3, 0.4) is 0 Å². The van der Waals surface area contributed by atoms with E-state index in [0.717, 1.165) is 55.5 Å². The molecule has 3 saturated heterocycles. The second kappa shape index (κ2) is 15.0. The van der Waals surface area contributed by atoms with Gasteiger partial charge in [-0.3, -0.25) is 19.6 Å². The van der Waals surface area contributed by atoms with Crippen LogP contribution in [0.2, 0.25) is 5.02 Å². The zero-order chi connectivity index (χ0) is 31.0. The number of rotatable bonds is 6. The van der Waals surface area contributed by atoms with Gasteiger partial charge in [-0.05, 0) is 67.1 Å². The Morgan fingerprint density at radius 1 is 0.913 bits per heavy atom. The molecular formula is C31H40Cl3N7O4S. The number of nitrogens with zero attached hydrogens (tertiary/aromatic N) is 7. The van der Waals surface area contributed by atoms with Crippen molar-refractivity contribution in [1.82, 2.24) is 29.1 Å². The van der Waals surface area contributed by atoms with Crippen molar-refractivity contribution in [3.05, 3.63) is 65.9 Å². The third kappa shape index (κ3) is 7.38. The van der Waals surface area contributed by atoms with Gasteiger partial charge in [0.2, 0.25) is 15.9 Å².